The number of sulfonamides is 1. The molecule has 0 atom stereocenters. The standard InChI is InChI=1S/C15H24N2O2S/c1-12(2)8-9-17-20(18,19)15-5-3-4-13(10-15)11-16-14-6-7-14/h3-5,10,12,14,16-17H,6-9,11H2,1-2H3. The van der Waals surface area contributed by atoms with Gasteiger partial charge in [0.05, 0.1) is 4.90 Å². The van der Waals surface area contributed by atoms with Crippen molar-refractivity contribution < 1.29 is 8.42 Å². The van der Waals surface area contributed by atoms with Gasteiger partial charge in [-0.25, -0.2) is 13.1 Å². The molecule has 0 spiro atoms. The predicted molar refractivity (Wildman–Crippen MR) is 80.9 cm³/mol. The molecule has 1 saturated carbocycles. The molecule has 2 N–H and O–H groups in total. The first-order valence-electron chi connectivity index (χ1n) is 7.29. The minimum Gasteiger partial charge on any atom is -0.310 e. The summed E-state index contributed by atoms with van der Waals surface area (Å²) in [6.07, 6.45) is 3.31. The third kappa shape index (κ3) is 4.89. The van der Waals surface area contributed by atoms with Crippen LogP contribution in [0.2, 0.25) is 0 Å². The maximum absolute atomic E-state index is 12.2. The van der Waals surface area contributed by atoms with Crippen molar-refractivity contribution in [1.82, 2.24) is 10.0 Å². The SMILES string of the molecule is CC(C)CCNS(=O)(=O)c1cccc(CNC2CC2)c1. The Hall–Kier alpha value is -0.910. The Kier molecular flexibility index (Phi) is 5.18. The van der Waals surface area contributed by atoms with Crippen LogP contribution in [0.25, 0.3) is 0 Å². The Morgan fingerprint density at radius 1 is 1.30 bits per heavy atom. The van der Waals surface area contributed by atoms with Crippen LogP contribution < -0.4 is 10.0 Å². The van der Waals surface area contributed by atoms with E-state index >= 15 is 0 Å². The fourth-order valence-corrected chi connectivity index (χ4v) is 3.06. The van der Waals surface area contributed by atoms with Crippen LogP contribution in [-0.2, 0) is 16.6 Å². The quantitative estimate of drug-likeness (QED) is 0.773. The zero-order valence-corrected chi connectivity index (χ0v) is 13.0. The summed E-state index contributed by atoms with van der Waals surface area (Å²) < 4.78 is 27.0. The highest BCUT2D eigenvalue weighted by Crippen LogP contribution is 2.20. The van der Waals surface area contributed by atoms with Gasteiger partial charge in [-0.2, -0.15) is 0 Å². The summed E-state index contributed by atoms with van der Waals surface area (Å²) in [5, 5.41) is 3.39. The third-order valence-electron chi connectivity index (χ3n) is 3.39. The summed E-state index contributed by atoms with van der Waals surface area (Å²) in [7, 11) is -3.38. The Morgan fingerprint density at radius 2 is 2.05 bits per heavy atom. The van der Waals surface area contributed by atoms with Crippen molar-refractivity contribution in [2.24, 2.45) is 5.92 Å². The van der Waals surface area contributed by atoms with E-state index in [2.05, 4.69) is 23.9 Å². The van der Waals surface area contributed by atoms with E-state index in [1.807, 2.05) is 6.07 Å². The molecule has 0 radical (unpaired) electrons. The number of nitrogens with one attached hydrogen (secondary N) is 2. The van der Waals surface area contributed by atoms with Gasteiger partial charge < -0.3 is 5.32 Å². The summed E-state index contributed by atoms with van der Waals surface area (Å²) in [5.74, 6) is 0.492. The average molecular weight is 296 g/mol. The largest absolute Gasteiger partial charge is 0.310 e. The first-order valence-corrected chi connectivity index (χ1v) is 8.77. The van der Waals surface area contributed by atoms with E-state index in [9.17, 15) is 8.42 Å². The average Bonchev–Trinajstić information content (AvgIpc) is 3.20. The lowest BCUT2D eigenvalue weighted by Gasteiger charge is -2.10. The topological polar surface area (TPSA) is 58.2 Å². The van der Waals surface area contributed by atoms with Gasteiger partial charge in [-0.3, -0.25) is 0 Å². The Bertz CT molecular complexity index is 537. The lowest BCUT2D eigenvalue weighted by molar-refractivity contribution is 0.551. The molecule has 1 aromatic rings. The van der Waals surface area contributed by atoms with Gasteiger partial charge in [-0.1, -0.05) is 26.0 Å². The second-order valence-corrected chi connectivity index (χ2v) is 7.65. The molecule has 0 unspecified atom stereocenters. The van der Waals surface area contributed by atoms with Crippen molar-refractivity contribution in [2.75, 3.05) is 6.54 Å². The van der Waals surface area contributed by atoms with Crippen LogP contribution in [0.15, 0.2) is 29.2 Å². The molecule has 20 heavy (non-hydrogen) atoms. The summed E-state index contributed by atoms with van der Waals surface area (Å²) in [6.45, 7) is 5.39. The molecule has 0 aromatic heterocycles. The lowest BCUT2D eigenvalue weighted by atomic mass is 10.1. The summed E-state index contributed by atoms with van der Waals surface area (Å²) >= 11 is 0. The molecule has 112 valence electrons. The van der Waals surface area contributed by atoms with Crippen LogP contribution in [0.4, 0.5) is 0 Å². The van der Waals surface area contributed by atoms with E-state index in [0.29, 0.717) is 23.4 Å². The van der Waals surface area contributed by atoms with E-state index in [1.54, 1.807) is 18.2 Å². The van der Waals surface area contributed by atoms with Gasteiger partial charge >= 0.3 is 0 Å². The fraction of sp³-hybridized carbons (Fsp3) is 0.600. The second-order valence-electron chi connectivity index (χ2n) is 5.88. The molecular formula is C15H24N2O2S. The number of rotatable bonds is 8. The summed E-state index contributed by atoms with van der Waals surface area (Å²) in [5.41, 5.74) is 1.02. The molecule has 0 aliphatic heterocycles. The van der Waals surface area contributed by atoms with Gasteiger partial charge in [0.15, 0.2) is 0 Å². The van der Waals surface area contributed by atoms with Crippen LogP contribution in [0, 0.1) is 5.92 Å². The molecule has 1 aliphatic carbocycles. The van der Waals surface area contributed by atoms with Crippen LogP contribution in [0.5, 0.6) is 0 Å². The van der Waals surface area contributed by atoms with Gasteiger partial charge in [0.2, 0.25) is 10.0 Å². The Balaban J connectivity index is 1.96. The zero-order chi connectivity index (χ0) is 14.6. The maximum atomic E-state index is 12.2. The molecule has 0 amide bonds. The summed E-state index contributed by atoms with van der Waals surface area (Å²) in [4.78, 5) is 0.358. The van der Waals surface area contributed by atoms with Gasteiger partial charge in [-0.05, 0) is 42.9 Å². The molecule has 4 nitrogen and oxygen atoms in total. The first kappa shape index (κ1) is 15.5. The van der Waals surface area contributed by atoms with E-state index in [-0.39, 0.29) is 0 Å². The smallest absolute Gasteiger partial charge is 0.240 e. The molecule has 0 saturated heterocycles. The van der Waals surface area contributed by atoms with Crippen molar-refractivity contribution in [3.05, 3.63) is 29.8 Å². The summed E-state index contributed by atoms with van der Waals surface area (Å²) in [6, 6.07) is 7.80. The second kappa shape index (κ2) is 6.70. The van der Waals surface area contributed by atoms with Crippen LogP contribution in [0.3, 0.4) is 0 Å². The van der Waals surface area contributed by atoms with Gasteiger partial charge in [-0.15, -0.1) is 0 Å². The van der Waals surface area contributed by atoms with Gasteiger partial charge in [0.1, 0.15) is 0 Å². The molecule has 0 bridgehead atoms. The van der Waals surface area contributed by atoms with Crippen molar-refractivity contribution in [3.8, 4) is 0 Å². The minimum absolute atomic E-state index is 0.358. The van der Waals surface area contributed by atoms with Crippen molar-refractivity contribution in [1.29, 1.82) is 0 Å². The Labute approximate surface area is 122 Å². The number of benzene rings is 1. The van der Waals surface area contributed by atoms with E-state index in [4.69, 9.17) is 0 Å². The minimum atomic E-state index is -3.38. The van der Waals surface area contributed by atoms with Gasteiger partial charge in [0.25, 0.3) is 0 Å². The first-order chi connectivity index (χ1) is 9.47. The van der Waals surface area contributed by atoms with Crippen molar-refractivity contribution in [3.63, 3.8) is 0 Å². The molecule has 5 heteroatoms. The highest BCUT2D eigenvalue weighted by atomic mass is 32.2. The number of hydrogen-bond donors (Lipinski definition) is 2. The highest BCUT2D eigenvalue weighted by molar-refractivity contribution is 7.89. The predicted octanol–water partition coefficient (Wildman–Crippen LogP) is 2.26. The van der Waals surface area contributed by atoms with Crippen LogP contribution >= 0.6 is 0 Å². The molecule has 0 heterocycles. The monoisotopic (exact) mass is 296 g/mol. The van der Waals surface area contributed by atoms with E-state index in [1.165, 1.54) is 12.8 Å². The Morgan fingerprint density at radius 3 is 2.70 bits per heavy atom. The van der Waals surface area contributed by atoms with Gasteiger partial charge in [0, 0.05) is 19.1 Å². The molecule has 1 fully saturated rings. The van der Waals surface area contributed by atoms with Crippen molar-refractivity contribution >= 4 is 10.0 Å². The zero-order valence-electron chi connectivity index (χ0n) is 12.2. The van der Waals surface area contributed by atoms with E-state index in [0.717, 1.165) is 18.5 Å². The lowest BCUT2D eigenvalue weighted by Crippen LogP contribution is -2.26. The molecule has 1 aliphatic rings. The normalized spacial score (nSPS) is 15.8. The molecule has 1 aromatic carbocycles. The number of hydrogen-bond acceptors (Lipinski definition) is 3. The fourth-order valence-electron chi connectivity index (χ4n) is 1.94. The highest BCUT2D eigenvalue weighted by Gasteiger charge is 2.20. The third-order valence-corrected chi connectivity index (χ3v) is 4.85. The van der Waals surface area contributed by atoms with Crippen molar-refractivity contribution in [2.45, 2.75) is 50.6 Å². The molecule has 2 rings (SSSR count). The maximum Gasteiger partial charge on any atom is 0.240 e. The van der Waals surface area contributed by atoms with Crippen LogP contribution in [0.1, 0.15) is 38.7 Å². The van der Waals surface area contributed by atoms with E-state index < -0.39 is 10.0 Å². The van der Waals surface area contributed by atoms with Crippen LogP contribution in [-0.4, -0.2) is 21.0 Å². The molecular weight excluding hydrogens is 272 g/mol.